The molecule has 0 aliphatic carbocycles. The van der Waals surface area contributed by atoms with Crippen LogP contribution in [0, 0.1) is 0 Å². The van der Waals surface area contributed by atoms with Gasteiger partial charge in [-0.05, 0) is 29.8 Å². The van der Waals surface area contributed by atoms with Gasteiger partial charge in [0, 0.05) is 19.0 Å². The van der Waals surface area contributed by atoms with Crippen LogP contribution >= 0.6 is 0 Å². The molecule has 140 valence electrons. The molecule has 1 N–H and O–H groups in total. The summed E-state index contributed by atoms with van der Waals surface area (Å²) in [5.74, 6) is 0.251. The lowest BCUT2D eigenvalue weighted by Gasteiger charge is -2.12. The Hall–Kier alpha value is -3.19. The molecule has 27 heavy (non-hydrogen) atoms. The van der Waals surface area contributed by atoms with Crippen molar-refractivity contribution in [2.45, 2.75) is 6.54 Å². The highest BCUT2D eigenvalue weighted by Crippen LogP contribution is 2.15. The number of fused-ring (bicyclic) bond motifs is 1. The number of nitrogens with one attached hydrogen (secondary N) is 1. The van der Waals surface area contributed by atoms with Gasteiger partial charge in [0.15, 0.2) is 5.69 Å². The molecular formula is C20H21N3O4. The molecule has 3 aromatic rings. The number of hydrogen-bond donors (Lipinski definition) is 1. The van der Waals surface area contributed by atoms with Crippen LogP contribution in [-0.2, 0) is 11.3 Å². The zero-order valence-electron chi connectivity index (χ0n) is 15.3. The fourth-order valence-electron chi connectivity index (χ4n) is 2.76. The Balaban J connectivity index is 2.01. The maximum absolute atomic E-state index is 12.7. The van der Waals surface area contributed by atoms with Crippen LogP contribution in [0.2, 0.25) is 0 Å². The van der Waals surface area contributed by atoms with Crippen molar-refractivity contribution in [3.8, 4) is 5.75 Å². The number of hydrogen-bond acceptors (Lipinski definition) is 5. The lowest BCUT2D eigenvalue weighted by atomic mass is 10.1. The van der Waals surface area contributed by atoms with E-state index in [2.05, 4.69) is 10.4 Å². The van der Waals surface area contributed by atoms with E-state index in [1.165, 1.54) is 0 Å². The lowest BCUT2D eigenvalue weighted by molar-refractivity contribution is 0.0929. The molecule has 2 aromatic carbocycles. The molecule has 0 atom stereocenters. The number of carbonyl (C=O) groups excluding carboxylic acids is 1. The molecule has 3 rings (SSSR count). The van der Waals surface area contributed by atoms with Gasteiger partial charge in [0.2, 0.25) is 5.43 Å². The fraction of sp³-hybridized carbons (Fsp3) is 0.250. The summed E-state index contributed by atoms with van der Waals surface area (Å²) in [6, 6.07) is 14.7. The highest BCUT2D eigenvalue weighted by Gasteiger charge is 2.17. The summed E-state index contributed by atoms with van der Waals surface area (Å²) in [5.41, 5.74) is 1.14. The Morgan fingerprint density at radius 1 is 1.11 bits per heavy atom. The second kappa shape index (κ2) is 8.46. The number of rotatable bonds is 7. The molecule has 0 spiro atoms. The van der Waals surface area contributed by atoms with Crippen molar-refractivity contribution in [1.82, 2.24) is 15.1 Å². The first-order valence-electron chi connectivity index (χ1n) is 8.54. The number of benzene rings is 2. The Kier molecular flexibility index (Phi) is 5.83. The maximum atomic E-state index is 12.7. The Morgan fingerprint density at radius 2 is 1.85 bits per heavy atom. The summed E-state index contributed by atoms with van der Waals surface area (Å²) in [4.78, 5) is 25.1. The number of amides is 1. The molecule has 0 aliphatic heterocycles. The third-order valence-electron chi connectivity index (χ3n) is 4.16. The molecule has 1 aromatic heterocycles. The average Bonchev–Trinajstić information content (AvgIpc) is 2.71. The third kappa shape index (κ3) is 4.15. The summed E-state index contributed by atoms with van der Waals surface area (Å²) in [6.45, 7) is 1.09. The van der Waals surface area contributed by atoms with Gasteiger partial charge in [0.25, 0.3) is 5.91 Å². The van der Waals surface area contributed by atoms with Crippen LogP contribution in [0.25, 0.3) is 10.9 Å². The van der Waals surface area contributed by atoms with E-state index >= 15 is 0 Å². The number of carbonyl (C=O) groups is 1. The van der Waals surface area contributed by atoms with Crippen LogP contribution in [0.5, 0.6) is 5.75 Å². The highest BCUT2D eigenvalue weighted by molar-refractivity contribution is 5.95. The van der Waals surface area contributed by atoms with Gasteiger partial charge in [0.05, 0.1) is 25.8 Å². The van der Waals surface area contributed by atoms with E-state index in [1.807, 2.05) is 36.4 Å². The first-order chi connectivity index (χ1) is 13.1. The van der Waals surface area contributed by atoms with Crippen molar-refractivity contribution in [3.63, 3.8) is 0 Å². The average molecular weight is 367 g/mol. The van der Waals surface area contributed by atoms with Crippen molar-refractivity contribution in [2.24, 2.45) is 0 Å². The van der Waals surface area contributed by atoms with Gasteiger partial charge in [0.1, 0.15) is 5.75 Å². The number of aromatic nitrogens is 2. The quantitative estimate of drug-likeness (QED) is 0.644. The van der Waals surface area contributed by atoms with Crippen LogP contribution in [0.3, 0.4) is 0 Å². The number of ether oxygens (including phenoxy) is 2. The van der Waals surface area contributed by atoms with E-state index in [0.29, 0.717) is 30.6 Å². The van der Waals surface area contributed by atoms with Crippen molar-refractivity contribution in [3.05, 3.63) is 70.0 Å². The standard InChI is InChI=1S/C20H21N3O4/c1-26-12-11-21-20(25)18-19(24)16-5-3-4-6-17(16)23(22-18)13-14-7-9-15(27-2)10-8-14/h3-10H,11-13H2,1-2H3,(H,21,25). The molecule has 0 saturated carbocycles. The first-order valence-corrected chi connectivity index (χ1v) is 8.54. The molecule has 0 aliphatic rings. The van der Waals surface area contributed by atoms with E-state index in [1.54, 1.807) is 31.0 Å². The first kappa shape index (κ1) is 18.6. The van der Waals surface area contributed by atoms with Crippen LogP contribution in [0.15, 0.2) is 53.3 Å². The number of methoxy groups -OCH3 is 2. The minimum atomic E-state index is -0.508. The van der Waals surface area contributed by atoms with Crippen molar-refractivity contribution < 1.29 is 14.3 Å². The van der Waals surface area contributed by atoms with E-state index in [-0.39, 0.29) is 11.1 Å². The SMILES string of the molecule is COCCNC(=O)c1nn(Cc2ccc(OC)cc2)c2ccccc2c1=O. The van der Waals surface area contributed by atoms with Crippen molar-refractivity contribution in [2.75, 3.05) is 27.4 Å². The molecule has 7 nitrogen and oxygen atoms in total. The number of para-hydroxylation sites is 1. The van der Waals surface area contributed by atoms with Gasteiger partial charge in [-0.15, -0.1) is 0 Å². The van der Waals surface area contributed by atoms with Gasteiger partial charge >= 0.3 is 0 Å². The predicted octanol–water partition coefficient (Wildman–Crippen LogP) is 1.83. The second-order valence-electron chi connectivity index (χ2n) is 5.95. The zero-order valence-corrected chi connectivity index (χ0v) is 15.3. The molecule has 0 saturated heterocycles. The van der Waals surface area contributed by atoms with Gasteiger partial charge in [-0.1, -0.05) is 24.3 Å². The van der Waals surface area contributed by atoms with E-state index in [0.717, 1.165) is 11.3 Å². The Bertz CT molecular complexity index is 996. The molecule has 0 radical (unpaired) electrons. The Morgan fingerprint density at radius 3 is 2.56 bits per heavy atom. The van der Waals surface area contributed by atoms with E-state index in [4.69, 9.17) is 9.47 Å². The summed E-state index contributed by atoms with van der Waals surface area (Å²) >= 11 is 0. The minimum absolute atomic E-state index is 0.127. The smallest absolute Gasteiger partial charge is 0.275 e. The topological polar surface area (TPSA) is 82.4 Å². The van der Waals surface area contributed by atoms with E-state index in [9.17, 15) is 9.59 Å². The third-order valence-corrected chi connectivity index (χ3v) is 4.16. The predicted molar refractivity (Wildman–Crippen MR) is 102 cm³/mol. The van der Waals surface area contributed by atoms with Crippen LogP contribution in [-0.4, -0.2) is 43.1 Å². The molecule has 0 bridgehead atoms. The molecule has 1 heterocycles. The summed E-state index contributed by atoms with van der Waals surface area (Å²) in [5, 5.41) is 7.45. The summed E-state index contributed by atoms with van der Waals surface area (Å²) in [6.07, 6.45) is 0. The molecule has 0 unspecified atom stereocenters. The Labute approximate surface area is 156 Å². The zero-order chi connectivity index (χ0) is 19.2. The highest BCUT2D eigenvalue weighted by atomic mass is 16.5. The minimum Gasteiger partial charge on any atom is -0.497 e. The summed E-state index contributed by atoms with van der Waals surface area (Å²) in [7, 11) is 3.16. The van der Waals surface area contributed by atoms with Crippen LogP contribution < -0.4 is 15.5 Å². The lowest BCUT2D eigenvalue weighted by Crippen LogP contribution is -2.34. The second-order valence-corrected chi connectivity index (χ2v) is 5.95. The number of nitrogens with zero attached hydrogens (tertiary/aromatic N) is 2. The van der Waals surface area contributed by atoms with Gasteiger partial charge in [-0.2, -0.15) is 5.10 Å². The van der Waals surface area contributed by atoms with E-state index < -0.39 is 5.91 Å². The molecular weight excluding hydrogens is 346 g/mol. The van der Waals surface area contributed by atoms with Gasteiger partial charge < -0.3 is 14.8 Å². The van der Waals surface area contributed by atoms with Gasteiger partial charge in [-0.3, -0.25) is 14.3 Å². The van der Waals surface area contributed by atoms with Gasteiger partial charge in [-0.25, -0.2) is 0 Å². The van der Waals surface area contributed by atoms with Crippen molar-refractivity contribution in [1.29, 1.82) is 0 Å². The molecule has 7 heteroatoms. The van der Waals surface area contributed by atoms with Crippen LogP contribution in [0.1, 0.15) is 16.1 Å². The summed E-state index contributed by atoms with van der Waals surface area (Å²) < 4.78 is 11.8. The normalized spacial score (nSPS) is 10.7. The molecule has 1 amide bonds. The fourth-order valence-corrected chi connectivity index (χ4v) is 2.76. The van der Waals surface area contributed by atoms with Crippen LogP contribution in [0.4, 0.5) is 0 Å². The maximum Gasteiger partial charge on any atom is 0.275 e. The largest absolute Gasteiger partial charge is 0.497 e. The van der Waals surface area contributed by atoms with Crippen molar-refractivity contribution >= 4 is 16.8 Å². The molecule has 0 fully saturated rings. The monoisotopic (exact) mass is 367 g/mol.